The molecule has 4 nitrogen and oxygen atoms in total. The number of nitrogens with zero attached hydrogens (tertiary/aromatic N) is 1. The third-order valence-corrected chi connectivity index (χ3v) is 7.92. The van der Waals surface area contributed by atoms with Crippen molar-refractivity contribution in [2.24, 2.45) is 0 Å². The highest BCUT2D eigenvalue weighted by Gasteiger charge is 2.54. The summed E-state index contributed by atoms with van der Waals surface area (Å²) >= 11 is 9.99. The lowest BCUT2D eigenvalue weighted by Crippen LogP contribution is -2.54. The molecule has 0 saturated carbocycles. The second-order valence-electron chi connectivity index (χ2n) is 8.73. The number of benzene rings is 2. The highest BCUT2D eigenvalue weighted by molar-refractivity contribution is 9.10. The zero-order valence-electron chi connectivity index (χ0n) is 16.7. The monoisotopic (exact) mass is 498 g/mol. The van der Waals surface area contributed by atoms with E-state index < -0.39 is 5.54 Å². The average Bonchev–Trinajstić information content (AvgIpc) is 3.15. The van der Waals surface area contributed by atoms with Crippen LogP contribution in [0.25, 0.3) is 5.57 Å². The van der Waals surface area contributed by atoms with Crippen LogP contribution in [0.15, 0.2) is 51.8 Å². The van der Waals surface area contributed by atoms with Gasteiger partial charge in [-0.2, -0.15) is 0 Å². The molecule has 1 saturated heterocycles. The minimum Gasteiger partial charge on any atom is -0.307 e. The van der Waals surface area contributed by atoms with Gasteiger partial charge in [0.15, 0.2) is 0 Å². The van der Waals surface area contributed by atoms with Crippen molar-refractivity contribution in [1.29, 1.82) is 0 Å². The van der Waals surface area contributed by atoms with Crippen molar-refractivity contribution in [3.8, 4) is 0 Å². The van der Waals surface area contributed by atoms with Crippen LogP contribution in [0.2, 0.25) is 0 Å². The third-order valence-electron chi connectivity index (χ3n) is 6.23. The summed E-state index contributed by atoms with van der Waals surface area (Å²) in [5, 5.41) is 2.65. The number of anilines is 1. The molecule has 1 unspecified atom stereocenters. The Balaban J connectivity index is 1.86. The van der Waals surface area contributed by atoms with Gasteiger partial charge in [0.05, 0.1) is 16.2 Å². The van der Waals surface area contributed by atoms with Gasteiger partial charge in [-0.3, -0.25) is 9.59 Å². The van der Waals surface area contributed by atoms with Crippen LogP contribution in [0.3, 0.4) is 0 Å². The highest BCUT2D eigenvalue weighted by Crippen LogP contribution is 2.57. The molecule has 0 radical (unpaired) electrons. The minimum atomic E-state index is -0.431. The van der Waals surface area contributed by atoms with Crippen LogP contribution in [-0.2, 0) is 15.0 Å². The molecule has 2 amide bonds. The number of thiocarbonyl (C=S) groups is 1. The lowest BCUT2D eigenvalue weighted by Gasteiger charge is -2.49. The first-order chi connectivity index (χ1) is 14.1. The largest absolute Gasteiger partial charge is 0.307 e. The summed E-state index contributed by atoms with van der Waals surface area (Å²) in [5.74, 6) is -0.433. The fourth-order valence-corrected chi connectivity index (χ4v) is 6.73. The lowest BCUT2D eigenvalue weighted by molar-refractivity contribution is -0.116. The van der Waals surface area contributed by atoms with Gasteiger partial charge in [0.1, 0.15) is 4.32 Å². The van der Waals surface area contributed by atoms with Crippen molar-refractivity contribution in [2.75, 3.05) is 4.90 Å². The molecule has 2 aromatic rings. The number of nitrogens with one attached hydrogen (secondary N) is 1. The normalized spacial score (nSPS) is 26.8. The lowest BCUT2D eigenvalue weighted by atomic mass is 9.65. The van der Waals surface area contributed by atoms with E-state index in [1.807, 2.05) is 17.0 Å². The van der Waals surface area contributed by atoms with Crippen LogP contribution in [0, 0.1) is 0 Å². The van der Waals surface area contributed by atoms with Gasteiger partial charge in [-0.15, -0.1) is 0 Å². The number of amides is 2. The molecule has 2 aromatic carbocycles. The molecule has 0 aromatic heterocycles. The predicted octanol–water partition coefficient (Wildman–Crippen LogP) is 5.14. The van der Waals surface area contributed by atoms with Gasteiger partial charge in [-0.05, 0) is 43.5 Å². The maximum absolute atomic E-state index is 13.7. The summed E-state index contributed by atoms with van der Waals surface area (Å²) in [7, 11) is 0. The van der Waals surface area contributed by atoms with Crippen LogP contribution >= 0.6 is 39.9 Å². The second-order valence-corrected chi connectivity index (χ2v) is 11.3. The fraction of sp³-hybridized carbons (Fsp3) is 0.261. The zero-order valence-corrected chi connectivity index (χ0v) is 19.9. The van der Waals surface area contributed by atoms with E-state index in [-0.39, 0.29) is 17.2 Å². The summed E-state index contributed by atoms with van der Waals surface area (Å²) in [6.07, 6.45) is 0.763. The standard InChI is InChI=1S/C23H19BrN2O2S2/c1-22(2)11-23(3,12-7-5-4-6-8-12)15-10-13(24)9-14-16(20(28)26(22)17(14)15)18-19(27)25-21(29)30-18/h4-10H,11H2,1-3H3,(H,25,27,29)/b18-16-. The number of carbonyl (C=O) groups is 2. The van der Waals surface area contributed by atoms with Crippen LogP contribution < -0.4 is 10.2 Å². The molecule has 152 valence electrons. The third kappa shape index (κ3) is 2.68. The summed E-state index contributed by atoms with van der Waals surface area (Å²) in [5.41, 5.74) is 3.73. The van der Waals surface area contributed by atoms with Gasteiger partial charge in [0.25, 0.3) is 11.8 Å². The van der Waals surface area contributed by atoms with Crippen LogP contribution in [0.1, 0.15) is 43.9 Å². The molecular weight excluding hydrogens is 480 g/mol. The fourth-order valence-electron chi connectivity index (χ4n) is 5.16. The highest BCUT2D eigenvalue weighted by atomic mass is 79.9. The maximum atomic E-state index is 13.7. The van der Waals surface area contributed by atoms with Crippen LogP contribution in [0.4, 0.5) is 5.69 Å². The Morgan fingerprint density at radius 3 is 2.47 bits per heavy atom. The van der Waals surface area contributed by atoms with E-state index in [0.29, 0.717) is 14.8 Å². The first-order valence-corrected chi connectivity index (χ1v) is 11.7. The quantitative estimate of drug-likeness (QED) is 0.436. The van der Waals surface area contributed by atoms with E-state index in [2.05, 4.69) is 72.3 Å². The topological polar surface area (TPSA) is 49.4 Å². The molecule has 1 atom stereocenters. The summed E-state index contributed by atoms with van der Waals surface area (Å²) in [6, 6.07) is 14.5. The second kappa shape index (κ2) is 6.52. The van der Waals surface area contributed by atoms with Crippen molar-refractivity contribution < 1.29 is 9.59 Å². The number of halogens is 1. The molecular formula is C23H19BrN2O2S2. The number of rotatable bonds is 1. The van der Waals surface area contributed by atoms with Crippen LogP contribution in [0.5, 0.6) is 0 Å². The van der Waals surface area contributed by atoms with Gasteiger partial charge in [0.2, 0.25) is 0 Å². The van der Waals surface area contributed by atoms with E-state index in [1.54, 1.807) is 0 Å². The summed E-state index contributed by atoms with van der Waals surface area (Å²) in [6.45, 7) is 6.44. The Kier molecular flexibility index (Phi) is 4.34. The van der Waals surface area contributed by atoms with Gasteiger partial charge >= 0.3 is 0 Å². The van der Waals surface area contributed by atoms with Crippen molar-refractivity contribution >= 4 is 67.3 Å². The van der Waals surface area contributed by atoms with Crippen molar-refractivity contribution in [3.63, 3.8) is 0 Å². The van der Waals surface area contributed by atoms with Crippen molar-refractivity contribution in [3.05, 3.63) is 68.5 Å². The summed E-state index contributed by atoms with van der Waals surface area (Å²) < 4.78 is 1.27. The van der Waals surface area contributed by atoms with Gasteiger partial charge < -0.3 is 10.2 Å². The van der Waals surface area contributed by atoms with Crippen molar-refractivity contribution in [1.82, 2.24) is 5.32 Å². The molecule has 0 bridgehead atoms. The average molecular weight is 499 g/mol. The molecule has 3 heterocycles. The molecule has 5 rings (SSSR count). The first-order valence-electron chi connectivity index (χ1n) is 9.65. The minimum absolute atomic E-state index is 0.133. The van der Waals surface area contributed by atoms with E-state index >= 15 is 0 Å². The summed E-state index contributed by atoms with van der Waals surface area (Å²) in [4.78, 5) is 28.5. The number of thioether (sulfide) groups is 1. The molecule has 30 heavy (non-hydrogen) atoms. The van der Waals surface area contributed by atoms with E-state index in [0.717, 1.165) is 27.7 Å². The Morgan fingerprint density at radius 1 is 1.13 bits per heavy atom. The van der Waals surface area contributed by atoms with Gasteiger partial charge in [-0.1, -0.05) is 77.2 Å². The Labute approximate surface area is 193 Å². The molecule has 1 N–H and O–H groups in total. The number of hydrogen-bond donors (Lipinski definition) is 1. The SMILES string of the molecule is CC1(c2ccccc2)CC(C)(C)N2C(=O)/C(=C3\SC(=S)NC3=O)c3cc(Br)cc1c32. The predicted molar refractivity (Wildman–Crippen MR) is 128 cm³/mol. The first kappa shape index (κ1) is 20.0. The molecule has 0 spiro atoms. The Bertz CT molecular complexity index is 1190. The Morgan fingerprint density at radius 2 is 1.83 bits per heavy atom. The molecule has 1 fully saturated rings. The number of carbonyl (C=O) groups excluding carboxylic acids is 2. The van der Waals surface area contributed by atoms with E-state index in [9.17, 15) is 9.59 Å². The maximum Gasteiger partial charge on any atom is 0.264 e. The molecule has 3 aliphatic heterocycles. The van der Waals surface area contributed by atoms with E-state index in [4.69, 9.17) is 12.2 Å². The molecule has 0 aliphatic carbocycles. The van der Waals surface area contributed by atoms with E-state index in [1.165, 1.54) is 17.3 Å². The zero-order chi connectivity index (χ0) is 21.4. The molecule has 3 aliphatic rings. The molecule has 7 heteroatoms. The Hall–Kier alpha value is -1.96. The van der Waals surface area contributed by atoms with Crippen molar-refractivity contribution in [2.45, 2.75) is 38.1 Å². The smallest absolute Gasteiger partial charge is 0.264 e. The number of hydrogen-bond acceptors (Lipinski definition) is 4. The van der Waals surface area contributed by atoms with Gasteiger partial charge in [0, 0.05) is 21.0 Å². The van der Waals surface area contributed by atoms with Gasteiger partial charge in [-0.25, -0.2) is 0 Å². The van der Waals surface area contributed by atoms with Crippen LogP contribution in [-0.4, -0.2) is 21.7 Å².